The molecule has 0 fully saturated rings. The summed E-state index contributed by atoms with van der Waals surface area (Å²) < 4.78 is 4.98. The van der Waals surface area contributed by atoms with Crippen LogP contribution in [0.3, 0.4) is 0 Å². The highest BCUT2D eigenvalue weighted by Crippen LogP contribution is 2.21. The summed E-state index contributed by atoms with van der Waals surface area (Å²) in [5.41, 5.74) is 5.47. The Kier molecular flexibility index (Phi) is 3.64. The number of benzene rings is 2. The molecule has 0 saturated carbocycles. The second-order valence-electron chi connectivity index (χ2n) is 5.62. The number of amides is 1. The Balaban J connectivity index is 1.52. The van der Waals surface area contributed by atoms with Crippen LogP contribution in [0.15, 0.2) is 54.9 Å². The minimum Gasteiger partial charge on any atom is -0.422 e. The molecule has 0 spiro atoms. The first-order valence-electron chi connectivity index (χ1n) is 7.56. The minimum absolute atomic E-state index is 0.139. The topological polar surface area (TPSA) is 83.5 Å². The van der Waals surface area contributed by atoms with Gasteiger partial charge in [0.15, 0.2) is 0 Å². The van der Waals surface area contributed by atoms with Gasteiger partial charge in [0.25, 0.3) is 0 Å². The Labute approximate surface area is 138 Å². The van der Waals surface area contributed by atoms with Crippen LogP contribution in [0, 0.1) is 0 Å². The number of anilines is 2. The molecule has 1 aliphatic heterocycles. The van der Waals surface area contributed by atoms with E-state index in [1.807, 2.05) is 30.3 Å². The number of hydrogen-bond donors (Lipinski definition) is 3. The third kappa shape index (κ3) is 2.71. The molecule has 24 heavy (non-hydrogen) atoms. The Bertz CT molecular complexity index is 932. The number of hydrogen-bond acceptors (Lipinski definition) is 5. The van der Waals surface area contributed by atoms with Crippen LogP contribution in [-0.2, 0) is 16.0 Å². The summed E-state index contributed by atoms with van der Waals surface area (Å²) in [6, 6.07) is 13.0. The number of fused-ring (bicyclic) bond motifs is 2. The van der Waals surface area contributed by atoms with Gasteiger partial charge in [0.2, 0.25) is 5.91 Å². The van der Waals surface area contributed by atoms with Crippen molar-refractivity contribution >= 4 is 40.6 Å². The molecule has 2 aromatic carbocycles. The highest BCUT2D eigenvalue weighted by Gasteiger charge is 2.29. The summed E-state index contributed by atoms with van der Waals surface area (Å²) in [6.07, 6.45) is 3.68. The fourth-order valence-corrected chi connectivity index (χ4v) is 2.82. The first kappa shape index (κ1) is 14.7. The van der Waals surface area contributed by atoms with Gasteiger partial charge in [-0.15, -0.1) is 0 Å². The van der Waals surface area contributed by atoms with Crippen molar-refractivity contribution in [3.05, 3.63) is 60.4 Å². The Morgan fingerprint density at radius 2 is 2.17 bits per heavy atom. The maximum atomic E-state index is 12.3. The summed E-state index contributed by atoms with van der Waals surface area (Å²) in [7, 11) is -1.00. The first-order chi connectivity index (χ1) is 11.7. The van der Waals surface area contributed by atoms with E-state index in [-0.39, 0.29) is 12.3 Å². The summed E-state index contributed by atoms with van der Waals surface area (Å²) in [6.45, 7) is 0. The summed E-state index contributed by atoms with van der Waals surface area (Å²) >= 11 is 0. The number of rotatable bonds is 3. The standard InChI is InChI=1S/C17H14BN3O3/c22-16(9-12-2-1-3-15-17(12)21-24-18(15)23)20-14-5-4-13-10-19-7-6-11(13)8-14/h1-8,10,21,23H,9H2,(H,20,22). The number of pyridine rings is 1. The third-order valence-corrected chi connectivity index (χ3v) is 4.00. The van der Waals surface area contributed by atoms with Crippen LogP contribution >= 0.6 is 0 Å². The van der Waals surface area contributed by atoms with Crippen LogP contribution in [0.2, 0.25) is 0 Å². The van der Waals surface area contributed by atoms with Crippen LogP contribution in [0.4, 0.5) is 11.4 Å². The van der Waals surface area contributed by atoms with Gasteiger partial charge in [0, 0.05) is 28.9 Å². The van der Waals surface area contributed by atoms with Gasteiger partial charge in [0.05, 0.1) is 12.1 Å². The molecular weight excluding hydrogens is 305 g/mol. The van der Waals surface area contributed by atoms with Gasteiger partial charge in [-0.2, -0.15) is 0 Å². The maximum Gasteiger partial charge on any atom is 0.516 e. The van der Waals surface area contributed by atoms with E-state index in [0.717, 1.165) is 22.0 Å². The number of carbonyl (C=O) groups excluding carboxylic acids is 1. The van der Waals surface area contributed by atoms with Gasteiger partial charge in [-0.1, -0.05) is 24.3 Å². The Morgan fingerprint density at radius 3 is 3.08 bits per heavy atom. The van der Waals surface area contributed by atoms with Gasteiger partial charge in [-0.3, -0.25) is 20.0 Å². The van der Waals surface area contributed by atoms with Crippen LogP contribution in [0.5, 0.6) is 0 Å². The zero-order valence-electron chi connectivity index (χ0n) is 12.7. The zero-order chi connectivity index (χ0) is 16.5. The molecule has 7 heteroatoms. The van der Waals surface area contributed by atoms with E-state index in [4.69, 9.17) is 4.76 Å². The van der Waals surface area contributed by atoms with Gasteiger partial charge in [-0.05, 0) is 29.1 Å². The molecule has 3 N–H and O–H groups in total. The van der Waals surface area contributed by atoms with Crippen molar-refractivity contribution in [2.75, 3.05) is 10.8 Å². The molecule has 0 unspecified atom stereocenters. The van der Waals surface area contributed by atoms with Gasteiger partial charge < -0.3 is 10.3 Å². The molecule has 0 radical (unpaired) electrons. The number of nitrogens with one attached hydrogen (secondary N) is 2. The van der Waals surface area contributed by atoms with Gasteiger partial charge in [-0.25, -0.2) is 0 Å². The zero-order valence-corrected chi connectivity index (χ0v) is 12.7. The molecule has 118 valence electrons. The van der Waals surface area contributed by atoms with Crippen LogP contribution < -0.4 is 16.3 Å². The SMILES string of the molecule is O=C(Cc1cccc2c1NOB2O)Nc1ccc2cnccc2c1. The average molecular weight is 319 g/mol. The molecule has 1 aromatic heterocycles. The molecule has 3 aromatic rings. The molecule has 4 rings (SSSR count). The lowest BCUT2D eigenvalue weighted by Gasteiger charge is -2.09. The van der Waals surface area contributed by atoms with Crippen molar-refractivity contribution in [2.45, 2.75) is 6.42 Å². The number of aromatic nitrogens is 1. The summed E-state index contributed by atoms with van der Waals surface area (Å²) in [5.74, 6) is -0.139. The Hall–Kier alpha value is -2.90. The summed E-state index contributed by atoms with van der Waals surface area (Å²) in [4.78, 5) is 16.4. The fraction of sp³-hybridized carbons (Fsp3) is 0.0588. The van der Waals surface area contributed by atoms with Gasteiger partial charge >= 0.3 is 7.12 Å². The molecule has 0 saturated heterocycles. The molecule has 0 atom stereocenters. The van der Waals surface area contributed by atoms with E-state index < -0.39 is 7.12 Å². The van der Waals surface area contributed by atoms with Crippen LogP contribution in [0.1, 0.15) is 5.56 Å². The molecule has 0 bridgehead atoms. The number of carbonyl (C=O) groups is 1. The van der Waals surface area contributed by atoms with E-state index in [1.54, 1.807) is 24.5 Å². The molecule has 1 aliphatic rings. The Morgan fingerprint density at radius 1 is 1.25 bits per heavy atom. The highest BCUT2D eigenvalue weighted by atomic mass is 16.7. The van der Waals surface area contributed by atoms with E-state index in [2.05, 4.69) is 15.8 Å². The predicted octanol–water partition coefficient (Wildman–Crippen LogP) is 1.46. The fourth-order valence-electron chi connectivity index (χ4n) is 2.82. The van der Waals surface area contributed by atoms with Crippen LogP contribution in [-0.4, -0.2) is 23.0 Å². The average Bonchev–Trinajstić information content (AvgIpc) is 2.97. The first-order valence-corrected chi connectivity index (χ1v) is 7.56. The molecule has 6 nitrogen and oxygen atoms in total. The lowest BCUT2D eigenvalue weighted by Crippen LogP contribution is -2.27. The van der Waals surface area contributed by atoms with Crippen molar-refractivity contribution in [2.24, 2.45) is 0 Å². The van der Waals surface area contributed by atoms with Crippen molar-refractivity contribution < 1.29 is 14.6 Å². The predicted molar refractivity (Wildman–Crippen MR) is 92.8 cm³/mol. The number of para-hydroxylation sites is 1. The maximum absolute atomic E-state index is 12.3. The highest BCUT2D eigenvalue weighted by molar-refractivity contribution is 6.63. The van der Waals surface area contributed by atoms with E-state index in [0.29, 0.717) is 11.2 Å². The largest absolute Gasteiger partial charge is 0.516 e. The smallest absolute Gasteiger partial charge is 0.422 e. The second kappa shape index (κ2) is 5.95. The van der Waals surface area contributed by atoms with E-state index >= 15 is 0 Å². The van der Waals surface area contributed by atoms with E-state index in [9.17, 15) is 9.82 Å². The van der Waals surface area contributed by atoms with Crippen molar-refractivity contribution in [3.8, 4) is 0 Å². The molecule has 1 amide bonds. The van der Waals surface area contributed by atoms with Gasteiger partial charge in [0.1, 0.15) is 0 Å². The lowest BCUT2D eigenvalue weighted by molar-refractivity contribution is -0.115. The summed E-state index contributed by atoms with van der Waals surface area (Å²) in [5, 5.41) is 14.6. The second-order valence-corrected chi connectivity index (χ2v) is 5.62. The van der Waals surface area contributed by atoms with Crippen molar-refractivity contribution in [1.29, 1.82) is 0 Å². The molecule has 0 aliphatic carbocycles. The lowest BCUT2D eigenvalue weighted by atomic mass is 9.79. The normalized spacial score (nSPS) is 12.8. The quantitative estimate of drug-likeness (QED) is 0.637. The monoisotopic (exact) mass is 319 g/mol. The van der Waals surface area contributed by atoms with Crippen molar-refractivity contribution in [1.82, 2.24) is 4.98 Å². The number of nitrogens with zero attached hydrogens (tertiary/aromatic N) is 1. The minimum atomic E-state index is -1.00. The molecule has 2 heterocycles. The third-order valence-electron chi connectivity index (χ3n) is 4.00. The van der Waals surface area contributed by atoms with Crippen molar-refractivity contribution in [3.63, 3.8) is 0 Å². The van der Waals surface area contributed by atoms with E-state index in [1.165, 1.54) is 0 Å². The van der Waals surface area contributed by atoms with Crippen LogP contribution in [0.25, 0.3) is 10.8 Å². The molecular formula is C17H14BN3O3.